The number of carboxylic acid groups (broad SMARTS) is 1. The van der Waals surface area contributed by atoms with Crippen LogP contribution in [0.15, 0.2) is 54.9 Å². The molecule has 4 rings (SSSR count). The van der Waals surface area contributed by atoms with E-state index in [1.54, 1.807) is 12.3 Å². The lowest BCUT2D eigenvalue weighted by Gasteiger charge is -2.28. The van der Waals surface area contributed by atoms with Crippen molar-refractivity contribution >= 4 is 5.97 Å². The molecule has 34 heavy (non-hydrogen) atoms. The van der Waals surface area contributed by atoms with Gasteiger partial charge in [0.1, 0.15) is 11.6 Å². The van der Waals surface area contributed by atoms with Crippen LogP contribution in [-0.4, -0.2) is 35.4 Å². The summed E-state index contributed by atoms with van der Waals surface area (Å²) >= 11 is 0. The number of rotatable bonds is 7. The number of hydrogen-bond donors (Lipinski definition) is 2. The molecule has 0 bridgehead atoms. The summed E-state index contributed by atoms with van der Waals surface area (Å²) in [5.74, 6) is -1.84. The predicted octanol–water partition coefficient (Wildman–Crippen LogP) is 5.35. The molecular formula is C25H22F4N2O3. The minimum absolute atomic E-state index is 0.00245. The van der Waals surface area contributed by atoms with Gasteiger partial charge in [-0.25, -0.2) is 9.18 Å². The lowest BCUT2D eigenvalue weighted by atomic mass is 9.88. The van der Waals surface area contributed by atoms with Crippen molar-refractivity contribution in [3.05, 3.63) is 82.9 Å². The number of carboxylic acids is 1. The second-order valence-corrected chi connectivity index (χ2v) is 8.09. The molecule has 2 N–H and O–H groups in total. The maximum atomic E-state index is 14.6. The van der Waals surface area contributed by atoms with Crippen molar-refractivity contribution in [2.45, 2.75) is 31.5 Å². The summed E-state index contributed by atoms with van der Waals surface area (Å²) in [5.41, 5.74) is 3.90. The van der Waals surface area contributed by atoms with Gasteiger partial charge in [0.25, 0.3) is 0 Å². The zero-order valence-electron chi connectivity index (χ0n) is 18.0. The minimum Gasteiger partial charge on any atom is -0.484 e. The van der Waals surface area contributed by atoms with Crippen LogP contribution in [0, 0.1) is 5.82 Å². The van der Waals surface area contributed by atoms with Crippen LogP contribution in [0.25, 0.3) is 11.1 Å². The fourth-order valence-electron chi connectivity index (χ4n) is 4.20. The Morgan fingerprint density at radius 2 is 2.00 bits per heavy atom. The number of fused-ring (bicyclic) bond motifs is 1. The van der Waals surface area contributed by atoms with Gasteiger partial charge in [0.15, 0.2) is 6.61 Å². The van der Waals surface area contributed by atoms with Crippen molar-refractivity contribution in [2.24, 2.45) is 0 Å². The van der Waals surface area contributed by atoms with Crippen LogP contribution in [0.2, 0.25) is 0 Å². The molecule has 0 aliphatic carbocycles. The number of aromatic carboxylic acids is 1. The SMILES string of the molecule is O=C(O)c1ccncc1CC[C@@H]1NCCc2cc(-c3ccc(OCC(F)(F)F)cc3F)ccc21. The van der Waals surface area contributed by atoms with Crippen molar-refractivity contribution in [3.63, 3.8) is 0 Å². The molecule has 3 aromatic rings. The first-order valence-corrected chi connectivity index (χ1v) is 10.7. The highest BCUT2D eigenvalue weighted by molar-refractivity contribution is 5.89. The van der Waals surface area contributed by atoms with Gasteiger partial charge in [-0.05, 0) is 66.3 Å². The quantitative estimate of drug-likeness (QED) is 0.452. The van der Waals surface area contributed by atoms with E-state index >= 15 is 0 Å². The molecule has 0 fully saturated rings. The molecule has 0 amide bonds. The van der Waals surface area contributed by atoms with Gasteiger partial charge < -0.3 is 15.2 Å². The van der Waals surface area contributed by atoms with Crippen LogP contribution < -0.4 is 10.1 Å². The second-order valence-electron chi connectivity index (χ2n) is 8.09. The number of nitrogens with one attached hydrogen (secondary N) is 1. The first kappa shape index (κ1) is 23.7. The number of pyridine rings is 1. The summed E-state index contributed by atoms with van der Waals surface area (Å²) in [6, 6.07) is 10.8. The third kappa shape index (κ3) is 5.53. The molecule has 2 heterocycles. The van der Waals surface area contributed by atoms with Gasteiger partial charge in [0.2, 0.25) is 0 Å². The van der Waals surface area contributed by atoms with Gasteiger partial charge in [-0.2, -0.15) is 13.2 Å². The first-order valence-electron chi connectivity index (χ1n) is 10.7. The first-order chi connectivity index (χ1) is 16.2. The standard InChI is InChI=1S/C25H22F4N2O3/c26-22-12-18(34-14-25(27,28)29)3-5-19(22)15-1-4-20-16(11-15)7-10-31-23(20)6-2-17-13-30-9-8-21(17)24(32)33/h1,3-5,8-9,11-13,23,31H,2,6-7,10,14H2,(H,32,33)/t23-/m0/s1. The molecule has 0 unspecified atom stereocenters. The van der Waals surface area contributed by atoms with Crippen LogP contribution in [0.4, 0.5) is 17.6 Å². The van der Waals surface area contributed by atoms with Gasteiger partial charge in [0.05, 0.1) is 5.56 Å². The molecule has 0 saturated carbocycles. The van der Waals surface area contributed by atoms with Gasteiger partial charge in [-0.3, -0.25) is 4.98 Å². The molecule has 0 radical (unpaired) electrons. The van der Waals surface area contributed by atoms with E-state index in [4.69, 9.17) is 0 Å². The van der Waals surface area contributed by atoms with E-state index in [0.29, 0.717) is 30.5 Å². The molecule has 178 valence electrons. The molecule has 1 atom stereocenters. The molecule has 2 aromatic carbocycles. The number of carbonyl (C=O) groups is 1. The van der Waals surface area contributed by atoms with E-state index in [1.165, 1.54) is 24.4 Å². The van der Waals surface area contributed by atoms with E-state index in [-0.39, 0.29) is 22.9 Å². The molecule has 0 saturated heterocycles. The molecule has 5 nitrogen and oxygen atoms in total. The number of aromatic nitrogens is 1. The van der Waals surface area contributed by atoms with Crippen molar-refractivity contribution in [1.82, 2.24) is 10.3 Å². The molecular weight excluding hydrogens is 452 g/mol. The summed E-state index contributed by atoms with van der Waals surface area (Å²) in [6.45, 7) is -0.765. The second kappa shape index (κ2) is 9.80. The molecule has 1 aliphatic rings. The fraction of sp³-hybridized carbons (Fsp3) is 0.280. The number of halogens is 4. The highest BCUT2D eigenvalue weighted by Crippen LogP contribution is 2.33. The van der Waals surface area contributed by atoms with Crippen LogP contribution in [0.5, 0.6) is 5.75 Å². The largest absolute Gasteiger partial charge is 0.484 e. The fourth-order valence-corrected chi connectivity index (χ4v) is 4.20. The average molecular weight is 474 g/mol. The Morgan fingerprint density at radius 1 is 1.18 bits per heavy atom. The van der Waals surface area contributed by atoms with E-state index in [2.05, 4.69) is 15.0 Å². The van der Waals surface area contributed by atoms with Gasteiger partial charge in [-0.15, -0.1) is 0 Å². The van der Waals surface area contributed by atoms with E-state index in [1.807, 2.05) is 12.1 Å². The number of ether oxygens (including phenoxy) is 1. The van der Waals surface area contributed by atoms with Crippen LogP contribution >= 0.6 is 0 Å². The lowest BCUT2D eigenvalue weighted by molar-refractivity contribution is -0.153. The molecule has 9 heteroatoms. The Balaban J connectivity index is 1.51. The Kier molecular flexibility index (Phi) is 6.83. The van der Waals surface area contributed by atoms with Gasteiger partial charge >= 0.3 is 12.1 Å². The summed E-state index contributed by atoms with van der Waals surface area (Å²) in [5, 5.41) is 12.8. The third-order valence-corrected chi connectivity index (χ3v) is 5.79. The van der Waals surface area contributed by atoms with Crippen molar-refractivity contribution < 1.29 is 32.2 Å². The molecule has 1 aliphatic heterocycles. The number of nitrogens with zero attached hydrogens (tertiary/aromatic N) is 1. The van der Waals surface area contributed by atoms with Crippen molar-refractivity contribution in [3.8, 4) is 16.9 Å². The van der Waals surface area contributed by atoms with E-state index < -0.39 is 24.6 Å². The zero-order chi connectivity index (χ0) is 24.3. The van der Waals surface area contributed by atoms with Crippen LogP contribution in [0.1, 0.15) is 39.5 Å². The van der Waals surface area contributed by atoms with E-state index in [0.717, 1.165) is 23.6 Å². The number of benzene rings is 2. The Hall–Kier alpha value is -3.46. The maximum absolute atomic E-state index is 14.6. The highest BCUT2D eigenvalue weighted by atomic mass is 19.4. The summed E-state index contributed by atoms with van der Waals surface area (Å²) in [4.78, 5) is 15.5. The van der Waals surface area contributed by atoms with Crippen LogP contribution in [0.3, 0.4) is 0 Å². The Labute approximate surface area is 193 Å². The summed E-state index contributed by atoms with van der Waals surface area (Å²) in [6.07, 6.45) is 0.462. The van der Waals surface area contributed by atoms with Crippen LogP contribution in [-0.2, 0) is 12.8 Å². The topological polar surface area (TPSA) is 71.5 Å². The van der Waals surface area contributed by atoms with Gasteiger partial charge in [-0.1, -0.05) is 18.2 Å². The smallest absolute Gasteiger partial charge is 0.422 e. The number of hydrogen-bond acceptors (Lipinski definition) is 4. The van der Waals surface area contributed by atoms with Crippen molar-refractivity contribution in [2.75, 3.05) is 13.2 Å². The van der Waals surface area contributed by atoms with Crippen molar-refractivity contribution in [1.29, 1.82) is 0 Å². The highest BCUT2D eigenvalue weighted by Gasteiger charge is 2.28. The summed E-state index contributed by atoms with van der Waals surface area (Å²) in [7, 11) is 0. The molecule has 0 spiro atoms. The summed E-state index contributed by atoms with van der Waals surface area (Å²) < 4.78 is 56.3. The predicted molar refractivity (Wildman–Crippen MR) is 117 cm³/mol. The zero-order valence-corrected chi connectivity index (χ0v) is 18.0. The average Bonchev–Trinajstić information content (AvgIpc) is 2.80. The Bertz CT molecular complexity index is 1200. The van der Waals surface area contributed by atoms with E-state index in [9.17, 15) is 27.5 Å². The monoisotopic (exact) mass is 474 g/mol. The number of aryl methyl sites for hydroxylation is 1. The number of alkyl halides is 3. The normalized spacial score (nSPS) is 15.6. The third-order valence-electron chi connectivity index (χ3n) is 5.79. The lowest BCUT2D eigenvalue weighted by Crippen LogP contribution is -2.30. The maximum Gasteiger partial charge on any atom is 0.422 e. The Morgan fingerprint density at radius 3 is 2.74 bits per heavy atom. The molecule has 1 aromatic heterocycles. The van der Waals surface area contributed by atoms with Gasteiger partial charge in [0, 0.05) is 30.1 Å². The minimum atomic E-state index is -4.50.